The third-order valence-electron chi connectivity index (χ3n) is 10.5. The molecule has 7 rings (SSSR count). The van der Waals surface area contributed by atoms with Crippen LogP contribution in [0.3, 0.4) is 0 Å². The van der Waals surface area contributed by atoms with Gasteiger partial charge in [-0.05, 0) is 92.2 Å². The second-order valence-electron chi connectivity index (χ2n) is 15.9. The normalized spacial score (nSPS) is 20.6. The minimum absolute atomic E-state index is 0.0902. The quantitative estimate of drug-likeness (QED) is 0.214. The van der Waals surface area contributed by atoms with E-state index in [1.165, 1.54) is 0 Å². The first-order valence-electron chi connectivity index (χ1n) is 18.1. The van der Waals surface area contributed by atoms with Crippen molar-refractivity contribution in [3.05, 3.63) is 40.9 Å². The van der Waals surface area contributed by atoms with Gasteiger partial charge in [0.15, 0.2) is 12.0 Å². The number of ether oxygens (including phenoxy) is 2. The monoisotopic (exact) mass is 705 g/mol. The van der Waals surface area contributed by atoms with Crippen LogP contribution in [0.2, 0.25) is 5.02 Å². The van der Waals surface area contributed by atoms with Crippen molar-refractivity contribution < 1.29 is 14.3 Å². The van der Waals surface area contributed by atoms with Gasteiger partial charge in [0.1, 0.15) is 5.60 Å². The summed E-state index contributed by atoms with van der Waals surface area (Å²) in [4.78, 5) is 19.6. The van der Waals surface area contributed by atoms with Crippen LogP contribution in [0, 0.1) is 13.8 Å². The van der Waals surface area contributed by atoms with E-state index in [1.54, 1.807) is 0 Å². The van der Waals surface area contributed by atoms with Crippen molar-refractivity contribution in [3.8, 4) is 11.1 Å². The first-order chi connectivity index (χ1) is 23.7. The molecule has 3 aromatic heterocycles. The highest BCUT2D eigenvalue weighted by atomic mass is 35.5. The van der Waals surface area contributed by atoms with E-state index in [4.69, 9.17) is 31.3 Å². The Bertz CT molecular complexity index is 1870. The molecule has 6 heterocycles. The topological polar surface area (TPSA) is 98.7 Å². The molecule has 3 fully saturated rings. The summed E-state index contributed by atoms with van der Waals surface area (Å²) in [7, 11) is 1.96. The molecule has 0 radical (unpaired) electrons. The summed E-state index contributed by atoms with van der Waals surface area (Å²) < 4.78 is 18.0. The molecule has 3 saturated heterocycles. The van der Waals surface area contributed by atoms with Crippen LogP contribution in [0.4, 0.5) is 16.3 Å². The lowest BCUT2D eigenvalue weighted by Crippen LogP contribution is -2.60. The molecule has 0 bridgehead atoms. The number of halogens is 1. The summed E-state index contributed by atoms with van der Waals surface area (Å²) in [5.41, 5.74) is 5.44. The molecule has 1 amide bonds. The predicted octanol–water partition coefficient (Wildman–Crippen LogP) is 7.28. The first kappa shape index (κ1) is 34.7. The van der Waals surface area contributed by atoms with Crippen molar-refractivity contribution in [2.24, 2.45) is 7.05 Å². The number of aryl methyl sites for hydroxylation is 2. The lowest BCUT2D eigenvalue weighted by Gasteiger charge is -2.48. The highest BCUT2D eigenvalue weighted by molar-refractivity contribution is 6.36. The molecule has 1 unspecified atom stereocenters. The van der Waals surface area contributed by atoms with Crippen LogP contribution in [0.5, 0.6) is 0 Å². The zero-order chi connectivity index (χ0) is 35.5. The van der Waals surface area contributed by atoms with Crippen LogP contribution in [-0.2, 0) is 16.5 Å². The number of piperidine rings is 1. The number of piperazine rings is 1. The molecule has 50 heavy (non-hydrogen) atoms. The standard InChI is InChI=1S/C37H52ClN9O3/c1-24-19-29-28(21-40-47(29)30-11-9-10-18-49-30)32(33(24)38)31-25(2)46(26-12-14-43(15-13-26)35(48)50-36(3,4)5)41-34(31)45-17-16-44(23-37(45,6)7)27-20-39-42(8)22-27/h19-22,26,30H,9-18,23H2,1-8H3. The number of fused-ring (bicyclic) bond motifs is 1. The van der Waals surface area contributed by atoms with E-state index in [2.05, 4.69) is 59.5 Å². The minimum atomic E-state index is -0.528. The van der Waals surface area contributed by atoms with E-state index in [9.17, 15) is 4.79 Å². The zero-order valence-corrected chi connectivity index (χ0v) is 31.6. The molecule has 4 aromatic rings. The molecule has 3 aliphatic heterocycles. The molecule has 0 spiro atoms. The van der Waals surface area contributed by atoms with Crippen molar-refractivity contribution in [3.63, 3.8) is 0 Å². The Morgan fingerprint density at radius 1 is 1.00 bits per heavy atom. The van der Waals surface area contributed by atoms with Gasteiger partial charge in [-0.1, -0.05) is 11.6 Å². The van der Waals surface area contributed by atoms with Gasteiger partial charge in [0.05, 0.1) is 40.2 Å². The van der Waals surface area contributed by atoms with E-state index in [-0.39, 0.29) is 23.9 Å². The van der Waals surface area contributed by atoms with Gasteiger partial charge in [0, 0.05) is 74.8 Å². The Hall–Kier alpha value is -3.77. The molecule has 0 N–H and O–H groups in total. The fourth-order valence-corrected chi connectivity index (χ4v) is 8.23. The maximum Gasteiger partial charge on any atom is 0.410 e. The SMILES string of the molecule is Cc1cc2c(cnn2C2CCCCO2)c(-c2c(N3CCN(c4cnn(C)c4)CC3(C)C)nn(C3CCN(C(=O)OC(C)(C)C)CC3)c2C)c1Cl. The highest BCUT2D eigenvalue weighted by Crippen LogP contribution is 2.47. The van der Waals surface area contributed by atoms with Crippen LogP contribution in [0.15, 0.2) is 24.7 Å². The number of anilines is 2. The summed E-state index contributed by atoms with van der Waals surface area (Å²) in [6, 6.07) is 2.27. The fraction of sp³-hybridized carbons (Fsp3) is 0.622. The van der Waals surface area contributed by atoms with Gasteiger partial charge in [0.25, 0.3) is 0 Å². The Balaban J connectivity index is 1.31. The average Bonchev–Trinajstić information content (AvgIpc) is 3.78. The number of hydrogen-bond acceptors (Lipinski definition) is 8. The van der Waals surface area contributed by atoms with E-state index in [1.807, 2.05) is 54.5 Å². The zero-order valence-electron chi connectivity index (χ0n) is 30.9. The molecule has 270 valence electrons. The van der Waals surface area contributed by atoms with Crippen molar-refractivity contribution in [2.75, 3.05) is 49.1 Å². The molecule has 1 aromatic carbocycles. The van der Waals surface area contributed by atoms with E-state index < -0.39 is 5.60 Å². The Morgan fingerprint density at radius 2 is 1.76 bits per heavy atom. The number of aromatic nitrogens is 6. The van der Waals surface area contributed by atoms with Crippen molar-refractivity contribution >= 4 is 40.1 Å². The van der Waals surface area contributed by atoms with Gasteiger partial charge in [-0.15, -0.1) is 0 Å². The van der Waals surface area contributed by atoms with Gasteiger partial charge in [-0.25, -0.2) is 9.48 Å². The molecule has 0 saturated carbocycles. The first-order valence-corrected chi connectivity index (χ1v) is 18.5. The van der Waals surface area contributed by atoms with Gasteiger partial charge in [0.2, 0.25) is 0 Å². The summed E-state index contributed by atoms with van der Waals surface area (Å²) in [6.07, 6.45) is 10.3. The van der Waals surface area contributed by atoms with E-state index in [0.717, 1.165) is 108 Å². The molecular formula is C37H52ClN9O3. The van der Waals surface area contributed by atoms with E-state index >= 15 is 0 Å². The number of likely N-dealkylation sites (tertiary alicyclic amines) is 1. The molecule has 1 atom stereocenters. The summed E-state index contributed by atoms with van der Waals surface area (Å²) in [6.45, 7) is 19.0. The van der Waals surface area contributed by atoms with Crippen molar-refractivity contribution in [1.29, 1.82) is 0 Å². The number of hydrogen-bond donors (Lipinski definition) is 0. The van der Waals surface area contributed by atoms with Gasteiger partial charge >= 0.3 is 6.09 Å². The highest BCUT2D eigenvalue weighted by Gasteiger charge is 2.40. The third kappa shape index (κ3) is 6.45. The Morgan fingerprint density at radius 3 is 2.40 bits per heavy atom. The number of rotatable bonds is 5. The summed E-state index contributed by atoms with van der Waals surface area (Å²) in [5.74, 6) is 0.934. The molecule has 0 aliphatic carbocycles. The molecule has 13 heteroatoms. The van der Waals surface area contributed by atoms with Crippen molar-refractivity contribution in [1.82, 2.24) is 34.2 Å². The average molecular weight is 706 g/mol. The maximum atomic E-state index is 12.9. The fourth-order valence-electron chi connectivity index (χ4n) is 7.98. The van der Waals surface area contributed by atoms with Gasteiger partial charge < -0.3 is 24.2 Å². The Kier molecular flexibility index (Phi) is 9.07. The Labute approximate surface area is 300 Å². The van der Waals surface area contributed by atoms with Crippen LogP contribution in [0.25, 0.3) is 22.0 Å². The van der Waals surface area contributed by atoms with Crippen LogP contribution in [0.1, 0.15) is 90.2 Å². The minimum Gasteiger partial charge on any atom is -0.444 e. The van der Waals surface area contributed by atoms with Gasteiger partial charge in [-0.2, -0.15) is 15.3 Å². The maximum absolute atomic E-state index is 12.9. The van der Waals surface area contributed by atoms with Crippen molar-refractivity contribution in [2.45, 2.75) is 104 Å². The number of amides is 1. The lowest BCUT2D eigenvalue weighted by atomic mass is 9.94. The van der Waals surface area contributed by atoms with E-state index in [0.29, 0.717) is 13.1 Å². The molecular weight excluding hydrogens is 654 g/mol. The number of nitrogens with zero attached hydrogens (tertiary/aromatic N) is 9. The number of carbonyl (C=O) groups is 1. The smallest absolute Gasteiger partial charge is 0.410 e. The predicted molar refractivity (Wildman–Crippen MR) is 197 cm³/mol. The molecule has 3 aliphatic rings. The number of carbonyl (C=O) groups excluding carboxylic acids is 1. The summed E-state index contributed by atoms with van der Waals surface area (Å²) >= 11 is 7.36. The van der Waals surface area contributed by atoms with Crippen LogP contribution < -0.4 is 9.80 Å². The largest absolute Gasteiger partial charge is 0.444 e. The second-order valence-corrected chi connectivity index (χ2v) is 16.3. The van der Waals surface area contributed by atoms with Crippen LogP contribution >= 0.6 is 11.6 Å². The van der Waals surface area contributed by atoms with Crippen LogP contribution in [-0.4, -0.2) is 90.8 Å². The summed E-state index contributed by atoms with van der Waals surface area (Å²) in [5, 5.41) is 16.6. The molecule has 12 nitrogen and oxygen atoms in total. The second kappa shape index (κ2) is 13.1. The third-order valence-corrected chi connectivity index (χ3v) is 11.0. The number of benzene rings is 1. The van der Waals surface area contributed by atoms with Gasteiger partial charge in [-0.3, -0.25) is 9.36 Å². The lowest BCUT2D eigenvalue weighted by molar-refractivity contribution is -0.0366.